The van der Waals surface area contributed by atoms with E-state index in [4.69, 9.17) is 14.2 Å². The lowest BCUT2D eigenvalue weighted by Crippen LogP contribution is -2.54. The van der Waals surface area contributed by atoms with Crippen molar-refractivity contribution in [1.29, 1.82) is 0 Å². The zero-order chi connectivity index (χ0) is 26.0. The molecule has 2 aromatic carbocycles. The van der Waals surface area contributed by atoms with Gasteiger partial charge >= 0.3 is 6.03 Å². The summed E-state index contributed by atoms with van der Waals surface area (Å²) in [6, 6.07) is 10.4. The first kappa shape index (κ1) is 23.3. The second kappa shape index (κ2) is 8.61. The first-order valence-corrected chi connectivity index (χ1v) is 13.5. The molecule has 5 fully saturated rings. The molecule has 8 nitrogen and oxygen atoms in total. The molecule has 0 radical (unpaired) electrons. The maximum Gasteiger partial charge on any atom is 0.335 e. The lowest BCUT2D eigenvalue weighted by molar-refractivity contribution is -0.122. The Balaban J connectivity index is 1.20. The summed E-state index contributed by atoms with van der Waals surface area (Å²) < 4.78 is 16.6. The van der Waals surface area contributed by atoms with Crippen LogP contribution in [0.2, 0.25) is 0 Å². The van der Waals surface area contributed by atoms with Gasteiger partial charge < -0.3 is 14.2 Å². The minimum absolute atomic E-state index is 0.0852. The summed E-state index contributed by atoms with van der Waals surface area (Å²) >= 11 is 0. The number of benzene rings is 2. The third-order valence-electron chi connectivity index (χ3n) is 8.98. The van der Waals surface area contributed by atoms with Crippen molar-refractivity contribution in [1.82, 2.24) is 5.32 Å². The van der Waals surface area contributed by atoms with E-state index in [1.54, 1.807) is 12.1 Å². The number of nitrogens with zero attached hydrogens (tertiary/aromatic N) is 1. The number of ether oxygens (including phenoxy) is 3. The van der Waals surface area contributed by atoms with Crippen LogP contribution in [0.1, 0.15) is 56.6 Å². The number of hydrogen-bond donors (Lipinski definition) is 1. The second-order valence-electron chi connectivity index (χ2n) is 11.4. The van der Waals surface area contributed by atoms with E-state index in [9.17, 15) is 14.4 Å². The molecule has 4 aliphatic carbocycles. The van der Waals surface area contributed by atoms with Gasteiger partial charge in [-0.25, -0.2) is 9.69 Å². The second-order valence-corrected chi connectivity index (χ2v) is 11.4. The fraction of sp³-hybridized carbons (Fsp3) is 0.433. The van der Waals surface area contributed by atoms with E-state index >= 15 is 0 Å². The molecule has 196 valence electrons. The Morgan fingerprint density at radius 3 is 2.24 bits per heavy atom. The van der Waals surface area contributed by atoms with Crippen LogP contribution in [0.15, 0.2) is 42.0 Å². The molecule has 0 spiro atoms. The van der Waals surface area contributed by atoms with E-state index in [1.165, 1.54) is 50.2 Å². The van der Waals surface area contributed by atoms with Gasteiger partial charge in [-0.1, -0.05) is 12.1 Å². The smallest absolute Gasteiger partial charge is 0.335 e. The molecular formula is C30H30N2O6. The van der Waals surface area contributed by atoms with Gasteiger partial charge in [-0.15, -0.1) is 0 Å². The maximum absolute atomic E-state index is 13.5. The van der Waals surface area contributed by atoms with Gasteiger partial charge in [0.2, 0.25) is 6.79 Å². The van der Waals surface area contributed by atoms with Crippen molar-refractivity contribution >= 4 is 29.6 Å². The van der Waals surface area contributed by atoms with Crippen LogP contribution < -0.4 is 24.4 Å². The van der Waals surface area contributed by atoms with E-state index in [2.05, 4.69) is 17.4 Å². The summed E-state index contributed by atoms with van der Waals surface area (Å²) in [6.45, 7) is 2.31. The maximum atomic E-state index is 13.5. The van der Waals surface area contributed by atoms with Gasteiger partial charge in [0.05, 0.1) is 12.3 Å². The average molecular weight is 515 g/mol. The number of fused-ring (bicyclic) bond motifs is 1. The molecular weight excluding hydrogens is 484 g/mol. The number of barbiturate groups is 1. The van der Waals surface area contributed by atoms with Crippen molar-refractivity contribution in [3.8, 4) is 17.2 Å². The minimum atomic E-state index is -0.754. The molecule has 4 amide bonds. The highest BCUT2D eigenvalue weighted by molar-refractivity contribution is 6.39. The highest BCUT2D eigenvalue weighted by Crippen LogP contribution is 2.60. The molecule has 8 rings (SSSR count). The van der Waals surface area contributed by atoms with Crippen LogP contribution in [0, 0.1) is 17.8 Å². The van der Waals surface area contributed by atoms with Crippen LogP contribution in [-0.4, -0.2) is 31.2 Å². The number of urea groups is 1. The molecule has 2 aromatic rings. The van der Waals surface area contributed by atoms with Crippen LogP contribution >= 0.6 is 0 Å². The standard InChI is InChI=1S/C30H30N2O6/c1-2-36-24-12-26-25(37-16-38-26)11-20(24)10-23-27(33)31-29(35)32(28(23)34)22-5-3-21(4-6-22)30-13-17-7-18(14-30)9-19(8-17)15-30/h3-6,10-12,17-19H,2,7-9,13-16H2,1H3,(H,31,33,35)/b23-10+. The number of anilines is 1. The van der Waals surface area contributed by atoms with Gasteiger partial charge in [-0.2, -0.15) is 0 Å². The molecule has 1 N–H and O–H groups in total. The van der Waals surface area contributed by atoms with Crippen molar-refractivity contribution in [3.63, 3.8) is 0 Å². The molecule has 8 heteroatoms. The van der Waals surface area contributed by atoms with Crippen LogP contribution in [0.25, 0.3) is 6.08 Å². The predicted molar refractivity (Wildman–Crippen MR) is 139 cm³/mol. The Morgan fingerprint density at radius 2 is 1.61 bits per heavy atom. The van der Waals surface area contributed by atoms with Crippen molar-refractivity contribution in [2.45, 2.75) is 50.9 Å². The molecule has 1 saturated heterocycles. The third kappa shape index (κ3) is 3.68. The summed E-state index contributed by atoms with van der Waals surface area (Å²) in [5.41, 5.74) is 2.29. The molecule has 4 bridgehead atoms. The van der Waals surface area contributed by atoms with Gasteiger partial charge in [0.1, 0.15) is 11.3 Å². The molecule has 0 atom stereocenters. The van der Waals surface area contributed by atoms with Gasteiger partial charge in [0.15, 0.2) is 11.5 Å². The molecule has 2 aliphatic heterocycles. The van der Waals surface area contributed by atoms with Gasteiger partial charge in [0.25, 0.3) is 11.8 Å². The number of amides is 4. The zero-order valence-corrected chi connectivity index (χ0v) is 21.3. The van der Waals surface area contributed by atoms with E-state index in [0.717, 1.165) is 22.7 Å². The number of rotatable bonds is 5. The van der Waals surface area contributed by atoms with Crippen LogP contribution in [0.3, 0.4) is 0 Å². The molecule has 6 aliphatic rings. The number of nitrogens with one attached hydrogen (secondary N) is 1. The Kier molecular flexibility index (Phi) is 5.29. The number of carbonyl (C=O) groups is 3. The number of carbonyl (C=O) groups excluding carboxylic acids is 3. The Labute approximate surface area is 220 Å². The first-order valence-electron chi connectivity index (χ1n) is 13.5. The quantitative estimate of drug-likeness (QED) is 0.448. The van der Waals surface area contributed by atoms with E-state index in [-0.39, 0.29) is 17.8 Å². The van der Waals surface area contributed by atoms with Crippen molar-refractivity contribution in [2.24, 2.45) is 17.8 Å². The van der Waals surface area contributed by atoms with E-state index in [1.807, 2.05) is 19.1 Å². The monoisotopic (exact) mass is 514 g/mol. The van der Waals surface area contributed by atoms with Crippen molar-refractivity contribution in [2.75, 3.05) is 18.3 Å². The van der Waals surface area contributed by atoms with Gasteiger partial charge in [-0.3, -0.25) is 14.9 Å². The molecule has 2 heterocycles. The summed E-state index contributed by atoms with van der Waals surface area (Å²) in [7, 11) is 0. The fourth-order valence-electron chi connectivity index (χ4n) is 7.81. The third-order valence-corrected chi connectivity index (χ3v) is 8.98. The van der Waals surface area contributed by atoms with Gasteiger partial charge in [0, 0.05) is 11.6 Å². The molecule has 4 saturated carbocycles. The molecule has 38 heavy (non-hydrogen) atoms. The number of imide groups is 2. The van der Waals surface area contributed by atoms with Crippen LogP contribution in [-0.2, 0) is 15.0 Å². The largest absolute Gasteiger partial charge is 0.493 e. The lowest BCUT2D eigenvalue weighted by atomic mass is 9.48. The normalized spacial score (nSPS) is 30.2. The molecule has 0 unspecified atom stereocenters. The van der Waals surface area contributed by atoms with E-state index < -0.39 is 17.8 Å². The zero-order valence-electron chi connectivity index (χ0n) is 21.3. The fourth-order valence-corrected chi connectivity index (χ4v) is 7.81. The SMILES string of the molecule is CCOc1cc2c(cc1/C=C1\C(=O)NC(=O)N(c3ccc(C45CC6CC(CC(C6)C4)C5)cc3)C1=O)OCO2. The highest BCUT2D eigenvalue weighted by Gasteiger charge is 2.51. The predicted octanol–water partition coefficient (Wildman–Crippen LogP) is 4.95. The average Bonchev–Trinajstić information content (AvgIpc) is 3.33. The summed E-state index contributed by atoms with van der Waals surface area (Å²) in [4.78, 5) is 40.2. The highest BCUT2D eigenvalue weighted by atomic mass is 16.7. The van der Waals surface area contributed by atoms with Crippen molar-refractivity contribution < 1.29 is 28.6 Å². The van der Waals surface area contributed by atoms with E-state index in [0.29, 0.717) is 35.1 Å². The van der Waals surface area contributed by atoms with Crippen LogP contribution in [0.4, 0.5) is 10.5 Å². The topological polar surface area (TPSA) is 94.2 Å². The van der Waals surface area contributed by atoms with Crippen molar-refractivity contribution in [3.05, 3.63) is 53.1 Å². The summed E-state index contributed by atoms with van der Waals surface area (Å²) in [6.07, 6.45) is 9.27. The first-order chi connectivity index (χ1) is 18.4. The van der Waals surface area contributed by atoms with Gasteiger partial charge in [-0.05, 0) is 98.5 Å². The molecule has 0 aromatic heterocycles. The Morgan fingerprint density at radius 1 is 0.974 bits per heavy atom. The Bertz CT molecular complexity index is 1340. The Hall–Kier alpha value is -3.81. The van der Waals surface area contributed by atoms with Crippen LogP contribution in [0.5, 0.6) is 17.2 Å². The lowest BCUT2D eigenvalue weighted by Gasteiger charge is -2.57. The number of hydrogen-bond acceptors (Lipinski definition) is 6. The summed E-state index contributed by atoms with van der Waals surface area (Å²) in [5, 5.41) is 2.32. The summed E-state index contributed by atoms with van der Waals surface area (Å²) in [5.74, 6) is 2.53. The minimum Gasteiger partial charge on any atom is -0.493 e.